The summed E-state index contributed by atoms with van der Waals surface area (Å²) in [6, 6.07) is 0.799. The highest BCUT2D eigenvalue weighted by Gasteiger charge is 2.28. The zero-order valence-electron chi connectivity index (χ0n) is 14.0. The van der Waals surface area contributed by atoms with E-state index in [0.29, 0.717) is 6.04 Å². The van der Waals surface area contributed by atoms with Crippen LogP contribution >= 0.6 is 0 Å². The molecule has 1 aromatic heterocycles. The number of rotatable bonds is 6. The molecule has 2 heterocycles. The van der Waals surface area contributed by atoms with Gasteiger partial charge >= 0.3 is 0 Å². The summed E-state index contributed by atoms with van der Waals surface area (Å²) < 4.78 is 7.53. The van der Waals surface area contributed by atoms with Gasteiger partial charge in [-0.25, -0.2) is 0 Å². The molecular formula is C15H29N5O. The third-order valence-electron chi connectivity index (χ3n) is 4.53. The summed E-state index contributed by atoms with van der Waals surface area (Å²) in [6.45, 7) is 6.35. The highest BCUT2D eigenvalue weighted by Crippen LogP contribution is 2.29. The highest BCUT2D eigenvalue weighted by molar-refractivity contribution is 5.28. The minimum atomic E-state index is 0.251. The van der Waals surface area contributed by atoms with Gasteiger partial charge in [-0.15, -0.1) is 0 Å². The van der Waals surface area contributed by atoms with Crippen molar-refractivity contribution in [3.05, 3.63) is 11.9 Å². The molecule has 1 saturated heterocycles. The Morgan fingerprint density at radius 2 is 2.19 bits per heavy atom. The van der Waals surface area contributed by atoms with E-state index in [0.717, 1.165) is 44.0 Å². The first-order valence-corrected chi connectivity index (χ1v) is 7.76. The number of hydrogen-bond acceptors (Lipinski definition) is 5. The van der Waals surface area contributed by atoms with E-state index in [4.69, 9.17) is 4.74 Å². The van der Waals surface area contributed by atoms with Gasteiger partial charge in [-0.2, -0.15) is 5.10 Å². The van der Waals surface area contributed by atoms with Crippen LogP contribution in [0.5, 0.6) is 5.75 Å². The lowest BCUT2D eigenvalue weighted by Gasteiger charge is -2.39. The number of piperazine rings is 1. The van der Waals surface area contributed by atoms with Crippen LogP contribution in [0, 0.1) is 0 Å². The Hall–Kier alpha value is -1.11. The molecule has 1 aliphatic heterocycles. The maximum atomic E-state index is 5.50. The van der Waals surface area contributed by atoms with Crippen LogP contribution < -0.4 is 10.1 Å². The Morgan fingerprint density at radius 1 is 1.43 bits per heavy atom. The van der Waals surface area contributed by atoms with Crippen LogP contribution in [0.3, 0.4) is 0 Å². The number of nitrogens with zero attached hydrogens (tertiary/aromatic N) is 4. The molecule has 0 aromatic carbocycles. The van der Waals surface area contributed by atoms with Gasteiger partial charge in [0.05, 0.1) is 25.0 Å². The van der Waals surface area contributed by atoms with Crippen LogP contribution in [-0.4, -0.2) is 73.5 Å². The second-order valence-corrected chi connectivity index (χ2v) is 5.89. The molecule has 0 spiro atoms. The Balaban J connectivity index is 2.17. The summed E-state index contributed by atoms with van der Waals surface area (Å²) in [7, 11) is 8.15. The van der Waals surface area contributed by atoms with Gasteiger partial charge in [0.2, 0.25) is 0 Å². The Morgan fingerprint density at radius 3 is 2.81 bits per heavy atom. The van der Waals surface area contributed by atoms with Gasteiger partial charge in [-0.3, -0.25) is 4.68 Å². The zero-order valence-corrected chi connectivity index (χ0v) is 14.0. The molecule has 0 aliphatic carbocycles. The molecule has 2 atom stereocenters. The summed E-state index contributed by atoms with van der Waals surface area (Å²) in [6.07, 6.45) is 2.87. The van der Waals surface area contributed by atoms with E-state index >= 15 is 0 Å². The van der Waals surface area contributed by atoms with Crippen LogP contribution in [0.4, 0.5) is 0 Å². The Bertz CT molecular complexity index is 426. The van der Waals surface area contributed by atoms with Crippen molar-refractivity contribution in [1.29, 1.82) is 0 Å². The lowest BCUT2D eigenvalue weighted by atomic mass is 10.0. The molecule has 1 aliphatic rings. The van der Waals surface area contributed by atoms with Crippen molar-refractivity contribution >= 4 is 0 Å². The van der Waals surface area contributed by atoms with Crippen LogP contribution in [0.2, 0.25) is 0 Å². The van der Waals surface area contributed by atoms with Gasteiger partial charge in [0.1, 0.15) is 0 Å². The standard InChI is InChI=1S/C15H29N5O/c1-6-20-15(14(21-5)10-17-20)13(16-2)9-12-11-18(3)7-8-19(12)4/h10,12-13,16H,6-9,11H2,1-5H3. The van der Waals surface area contributed by atoms with E-state index in [1.165, 1.54) is 0 Å². The van der Waals surface area contributed by atoms with E-state index < -0.39 is 0 Å². The van der Waals surface area contributed by atoms with Crippen molar-refractivity contribution in [3.8, 4) is 5.75 Å². The number of aromatic nitrogens is 2. The quantitative estimate of drug-likeness (QED) is 0.841. The second kappa shape index (κ2) is 7.24. The van der Waals surface area contributed by atoms with E-state index in [1.807, 2.05) is 17.9 Å². The maximum Gasteiger partial charge on any atom is 0.161 e. The number of aryl methyl sites for hydroxylation is 1. The fourth-order valence-electron chi connectivity index (χ4n) is 3.13. The fraction of sp³-hybridized carbons (Fsp3) is 0.800. The van der Waals surface area contributed by atoms with Crippen molar-refractivity contribution in [2.45, 2.75) is 32.0 Å². The van der Waals surface area contributed by atoms with Gasteiger partial charge in [0.15, 0.2) is 5.75 Å². The first kappa shape index (κ1) is 16.3. The molecule has 2 rings (SSSR count). The third-order valence-corrected chi connectivity index (χ3v) is 4.53. The molecule has 0 amide bonds. The van der Waals surface area contributed by atoms with Crippen molar-refractivity contribution in [1.82, 2.24) is 24.9 Å². The molecule has 6 heteroatoms. The molecule has 21 heavy (non-hydrogen) atoms. The van der Waals surface area contributed by atoms with Gasteiger partial charge in [-0.05, 0) is 34.5 Å². The maximum absolute atomic E-state index is 5.50. The van der Waals surface area contributed by atoms with Gasteiger partial charge in [-0.1, -0.05) is 0 Å². The SMILES string of the molecule is CCn1ncc(OC)c1C(CC1CN(C)CCN1C)NC. The fourth-order valence-corrected chi connectivity index (χ4v) is 3.13. The van der Waals surface area contributed by atoms with E-state index in [1.54, 1.807) is 7.11 Å². The normalized spacial score (nSPS) is 22.4. The molecule has 1 fully saturated rings. The van der Waals surface area contributed by atoms with Gasteiger partial charge < -0.3 is 19.9 Å². The van der Waals surface area contributed by atoms with E-state index in [-0.39, 0.29) is 6.04 Å². The van der Waals surface area contributed by atoms with Crippen LogP contribution in [0.25, 0.3) is 0 Å². The summed E-state index contributed by atoms with van der Waals surface area (Å²) in [5.41, 5.74) is 1.16. The summed E-state index contributed by atoms with van der Waals surface area (Å²) in [5.74, 6) is 0.878. The Kier molecular flexibility index (Phi) is 5.61. The number of likely N-dealkylation sites (N-methyl/N-ethyl adjacent to an activating group) is 2. The minimum Gasteiger partial charge on any atom is -0.493 e. The molecule has 120 valence electrons. The summed E-state index contributed by atoms with van der Waals surface area (Å²) in [5, 5.41) is 7.88. The lowest BCUT2D eigenvalue weighted by Crippen LogP contribution is -2.51. The molecule has 1 aromatic rings. The lowest BCUT2D eigenvalue weighted by molar-refractivity contribution is 0.101. The first-order valence-electron chi connectivity index (χ1n) is 7.76. The number of ether oxygens (including phenoxy) is 1. The van der Waals surface area contributed by atoms with Crippen LogP contribution in [0.15, 0.2) is 6.20 Å². The Labute approximate surface area is 128 Å². The molecule has 0 radical (unpaired) electrons. The average molecular weight is 295 g/mol. The molecule has 1 N–H and O–H groups in total. The molecule has 2 unspecified atom stereocenters. The van der Waals surface area contributed by atoms with Crippen molar-refractivity contribution < 1.29 is 4.74 Å². The predicted octanol–water partition coefficient (Wildman–Crippen LogP) is 0.808. The largest absolute Gasteiger partial charge is 0.493 e. The second-order valence-electron chi connectivity index (χ2n) is 5.89. The van der Waals surface area contributed by atoms with Crippen LogP contribution in [-0.2, 0) is 6.54 Å². The molecule has 0 saturated carbocycles. The minimum absolute atomic E-state index is 0.251. The van der Waals surface area contributed by atoms with Crippen molar-refractivity contribution in [2.24, 2.45) is 0 Å². The monoisotopic (exact) mass is 295 g/mol. The predicted molar refractivity (Wildman–Crippen MR) is 84.8 cm³/mol. The van der Waals surface area contributed by atoms with E-state index in [9.17, 15) is 0 Å². The van der Waals surface area contributed by atoms with Gasteiger partial charge in [0.25, 0.3) is 0 Å². The molecular weight excluding hydrogens is 266 g/mol. The van der Waals surface area contributed by atoms with Gasteiger partial charge in [0, 0.05) is 32.2 Å². The van der Waals surface area contributed by atoms with Crippen LogP contribution in [0.1, 0.15) is 25.1 Å². The number of methoxy groups -OCH3 is 1. The molecule has 6 nitrogen and oxygen atoms in total. The number of hydrogen-bond donors (Lipinski definition) is 1. The zero-order chi connectivity index (χ0) is 15.4. The van der Waals surface area contributed by atoms with Crippen molar-refractivity contribution in [3.63, 3.8) is 0 Å². The average Bonchev–Trinajstić information content (AvgIpc) is 2.91. The molecule has 0 bridgehead atoms. The summed E-state index contributed by atoms with van der Waals surface area (Å²) in [4.78, 5) is 4.87. The summed E-state index contributed by atoms with van der Waals surface area (Å²) >= 11 is 0. The van der Waals surface area contributed by atoms with Crippen molar-refractivity contribution in [2.75, 3.05) is 47.9 Å². The smallest absolute Gasteiger partial charge is 0.161 e. The number of nitrogens with one attached hydrogen (secondary N) is 1. The van der Waals surface area contributed by atoms with E-state index in [2.05, 4.69) is 41.2 Å². The third kappa shape index (κ3) is 3.56. The topological polar surface area (TPSA) is 45.6 Å². The highest BCUT2D eigenvalue weighted by atomic mass is 16.5. The first-order chi connectivity index (χ1) is 10.1.